The van der Waals surface area contributed by atoms with Crippen molar-refractivity contribution in [1.82, 2.24) is 0 Å². The van der Waals surface area contributed by atoms with Gasteiger partial charge in [0.15, 0.2) is 11.5 Å². The van der Waals surface area contributed by atoms with E-state index in [0.717, 1.165) is 6.42 Å². The Morgan fingerprint density at radius 2 is 2.24 bits per heavy atom. The molecule has 2 unspecified atom stereocenters. The molecule has 0 radical (unpaired) electrons. The number of hydrogen-bond donors (Lipinski definition) is 1. The summed E-state index contributed by atoms with van der Waals surface area (Å²) in [6, 6.07) is 5.44. The van der Waals surface area contributed by atoms with Crippen molar-refractivity contribution in [1.29, 1.82) is 0 Å². The number of carbonyl (C=O) groups excluding carboxylic acids is 1. The normalized spacial score (nSPS) is 26.7. The van der Waals surface area contributed by atoms with Gasteiger partial charge in [-0.25, -0.2) is 0 Å². The van der Waals surface area contributed by atoms with Gasteiger partial charge in [0.25, 0.3) is 0 Å². The van der Waals surface area contributed by atoms with Crippen LogP contribution in [0.2, 0.25) is 0 Å². The molecule has 1 saturated carbocycles. The standard InChI is InChI=1S/C15H19NO5/c1-2-18-14(17)15(16)6-5-11(8-15)21-10-3-4-12-13(7-10)20-9-19-12/h3-4,7,11H,2,5-6,8-9,16H2,1H3. The third-order valence-electron chi connectivity index (χ3n) is 3.83. The molecule has 114 valence electrons. The molecule has 2 aliphatic rings. The maximum absolute atomic E-state index is 11.9. The van der Waals surface area contributed by atoms with Crippen LogP contribution >= 0.6 is 0 Å². The molecule has 1 heterocycles. The summed E-state index contributed by atoms with van der Waals surface area (Å²) in [5, 5.41) is 0. The summed E-state index contributed by atoms with van der Waals surface area (Å²) in [7, 11) is 0. The quantitative estimate of drug-likeness (QED) is 0.849. The van der Waals surface area contributed by atoms with Crippen LogP contribution < -0.4 is 19.9 Å². The highest BCUT2D eigenvalue weighted by atomic mass is 16.7. The van der Waals surface area contributed by atoms with Crippen LogP contribution in [0.25, 0.3) is 0 Å². The third-order valence-corrected chi connectivity index (χ3v) is 3.83. The van der Waals surface area contributed by atoms with Crippen molar-refractivity contribution >= 4 is 5.97 Å². The number of ether oxygens (including phenoxy) is 4. The summed E-state index contributed by atoms with van der Waals surface area (Å²) in [5.74, 6) is 1.74. The van der Waals surface area contributed by atoms with Gasteiger partial charge in [0.05, 0.1) is 6.61 Å². The molecule has 0 amide bonds. The fraction of sp³-hybridized carbons (Fsp3) is 0.533. The highest BCUT2D eigenvalue weighted by Crippen LogP contribution is 2.37. The van der Waals surface area contributed by atoms with Crippen molar-refractivity contribution in [2.24, 2.45) is 5.73 Å². The maximum Gasteiger partial charge on any atom is 0.326 e. The van der Waals surface area contributed by atoms with Crippen molar-refractivity contribution in [2.75, 3.05) is 13.4 Å². The fourth-order valence-electron chi connectivity index (χ4n) is 2.73. The van der Waals surface area contributed by atoms with Crippen LogP contribution in [0, 0.1) is 0 Å². The largest absolute Gasteiger partial charge is 0.490 e. The van der Waals surface area contributed by atoms with E-state index in [-0.39, 0.29) is 18.9 Å². The Kier molecular flexibility index (Phi) is 3.63. The lowest BCUT2D eigenvalue weighted by Gasteiger charge is -2.21. The summed E-state index contributed by atoms with van der Waals surface area (Å²) in [6.07, 6.45) is 1.66. The molecule has 0 aromatic heterocycles. The van der Waals surface area contributed by atoms with Gasteiger partial charge in [0.2, 0.25) is 6.79 Å². The summed E-state index contributed by atoms with van der Waals surface area (Å²) < 4.78 is 21.5. The Labute approximate surface area is 123 Å². The molecular weight excluding hydrogens is 274 g/mol. The summed E-state index contributed by atoms with van der Waals surface area (Å²) >= 11 is 0. The topological polar surface area (TPSA) is 80.0 Å². The molecule has 0 bridgehead atoms. The number of benzene rings is 1. The van der Waals surface area contributed by atoms with E-state index in [1.54, 1.807) is 13.0 Å². The second-order valence-electron chi connectivity index (χ2n) is 5.37. The van der Waals surface area contributed by atoms with E-state index in [1.165, 1.54) is 0 Å². The Bertz CT molecular complexity index is 547. The van der Waals surface area contributed by atoms with Crippen molar-refractivity contribution in [2.45, 2.75) is 37.8 Å². The number of fused-ring (bicyclic) bond motifs is 1. The highest BCUT2D eigenvalue weighted by Gasteiger charge is 2.44. The molecule has 0 saturated heterocycles. The molecule has 1 aliphatic heterocycles. The Balaban J connectivity index is 1.63. The zero-order chi connectivity index (χ0) is 14.9. The van der Waals surface area contributed by atoms with Gasteiger partial charge in [-0.2, -0.15) is 0 Å². The van der Waals surface area contributed by atoms with Crippen LogP contribution in [0.1, 0.15) is 26.2 Å². The van der Waals surface area contributed by atoms with Gasteiger partial charge in [0, 0.05) is 12.5 Å². The predicted molar refractivity (Wildman–Crippen MR) is 74.4 cm³/mol. The summed E-state index contributed by atoms with van der Waals surface area (Å²) in [6.45, 7) is 2.35. The van der Waals surface area contributed by atoms with E-state index in [9.17, 15) is 4.79 Å². The van der Waals surface area contributed by atoms with E-state index in [1.807, 2.05) is 12.1 Å². The lowest BCUT2D eigenvalue weighted by atomic mass is 9.99. The average molecular weight is 293 g/mol. The van der Waals surface area contributed by atoms with E-state index in [0.29, 0.717) is 36.7 Å². The fourth-order valence-corrected chi connectivity index (χ4v) is 2.73. The van der Waals surface area contributed by atoms with Crippen molar-refractivity contribution < 1.29 is 23.7 Å². The molecule has 2 atom stereocenters. The van der Waals surface area contributed by atoms with Gasteiger partial charge >= 0.3 is 5.97 Å². The zero-order valence-electron chi connectivity index (χ0n) is 12.0. The second-order valence-corrected chi connectivity index (χ2v) is 5.37. The lowest BCUT2D eigenvalue weighted by Crippen LogP contribution is -2.47. The molecule has 21 heavy (non-hydrogen) atoms. The maximum atomic E-state index is 11.9. The number of hydrogen-bond acceptors (Lipinski definition) is 6. The minimum atomic E-state index is -0.934. The molecule has 6 nitrogen and oxygen atoms in total. The van der Waals surface area contributed by atoms with Crippen molar-refractivity contribution in [3.05, 3.63) is 18.2 Å². The van der Waals surface area contributed by atoms with Crippen molar-refractivity contribution in [3.8, 4) is 17.2 Å². The Hall–Kier alpha value is -1.95. The van der Waals surface area contributed by atoms with Gasteiger partial charge in [-0.05, 0) is 31.9 Å². The van der Waals surface area contributed by atoms with Crippen molar-refractivity contribution in [3.63, 3.8) is 0 Å². The average Bonchev–Trinajstić information content (AvgIpc) is 3.06. The van der Waals surface area contributed by atoms with E-state index < -0.39 is 5.54 Å². The lowest BCUT2D eigenvalue weighted by molar-refractivity contribution is -0.149. The van der Waals surface area contributed by atoms with E-state index in [2.05, 4.69) is 0 Å². The Morgan fingerprint density at radius 3 is 3.05 bits per heavy atom. The van der Waals surface area contributed by atoms with Crippen LogP contribution in [-0.2, 0) is 9.53 Å². The van der Waals surface area contributed by atoms with Gasteiger partial charge in [-0.15, -0.1) is 0 Å². The van der Waals surface area contributed by atoms with Crippen LogP contribution in [-0.4, -0.2) is 31.0 Å². The highest BCUT2D eigenvalue weighted by molar-refractivity contribution is 5.81. The Morgan fingerprint density at radius 1 is 1.43 bits per heavy atom. The predicted octanol–water partition coefficient (Wildman–Crippen LogP) is 1.61. The SMILES string of the molecule is CCOC(=O)C1(N)CCC(Oc2ccc3c(c2)OCO3)C1. The number of carbonyl (C=O) groups is 1. The van der Waals surface area contributed by atoms with Gasteiger partial charge < -0.3 is 24.7 Å². The first-order chi connectivity index (χ1) is 10.1. The van der Waals surface area contributed by atoms with Crippen LogP contribution in [0.5, 0.6) is 17.2 Å². The van der Waals surface area contributed by atoms with Crippen LogP contribution in [0.15, 0.2) is 18.2 Å². The zero-order valence-corrected chi connectivity index (χ0v) is 12.0. The van der Waals surface area contributed by atoms with Gasteiger partial charge in [-0.1, -0.05) is 0 Å². The minimum Gasteiger partial charge on any atom is -0.490 e. The molecule has 1 aliphatic carbocycles. The number of esters is 1. The first kappa shape index (κ1) is 14.0. The molecule has 1 aromatic rings. The van der Waals surface area contributed by atoms with E-state index in [4.69, 9.17) is 24.7 Å². The first-order valence-electron chi connectivity index (χ1n) is 7.13. The molecule has 3 rings (SSSR count). The smallest absolute Gasteiger partial charge is 0.326 e. The molecule has 2 N–H and O–H groups in total. The summed E-state index contributed by atoms with van der Waals surface area (Å²) in [4.78, 5) is 11.9. The minimum absolute atomic E-state index is 0.0974. The third kappa shape index (κ3) is 2.76. The van der Waals surface area contributed by atoms with Crippen LogP contribution in [0.4, 0.5) is 0 Å². The van der Waals surface area contributed by atoms with Gasteiger partial charge in [-0.3, -0.25) is 4.79 Å². The first-order valence-corrected chi connectivity index (χ1v) is 7.13. The number of rotatable bonds is 4. The molecule has 1 fully saturated rings. The summed E-state index contributed by atoms with van der Waals surface area (Å²) in [5.41, 5.74) is 5.19. The van der Waals surface area contributed by atoms with E-state index >= 15 is 0 Å². The molecule has 0 spiro atoms. The molecule has 6 heteroatoms. The molecule has 1 aromatic carbocycles. The second kappa shape index (κ2) is 5.44. The molecular formula is C15H19NO5. The van der Waals surface area contributed by atoms with Gasteiger partial charge in [0.1, 0.15) is 17.4 Å². The van der Waals surface area contributed by atoms with Crippen LogP contribution in [0.3, 0.4) is 0 Å². The number of nitrogens with two attached hydrogens (primary N) is 1. The monoisotopic (exact) mass is 293 g/mol.